The van der Waals surface area contributed by atoms with Crippen LogP contribution in [0.5, 0.6) is 0 Å². The predicted molar refractivity (Wildman–Crippen MR) is 54.2 cm³/mol. The average Bonchev–Trinajstić information content (AvgIpc) is 2.47. The van der Waals surface area contributed by atoms with E-state index in [0.717, 1.165) is 4.09 Å². The lowest BCUT2D eigenvalue weighted by atomic mass is 10.5. The molecule has 0 aliphatic carbocycles. The van der Waals surface area contributed by atoms with E-state index in [9.17, 15) is 3.89 Å². The van der Waals surface area contributed by atoms with Gasteiger partial charge in [-0.05, 0) is 22.4 Å². The van der Waals surface area contributed by atoms with Crippen molar-refractivity contribution in [2.75, 3.05) is 12.4 Å². The normalized spacial score (nSPS) is 10.7. The molecule has 0 unspecified atom stereocenters. The lowest BCUT2D eigenvalue weighted by Crippen LogP contribution is -1.91. The summed E-state index contributed by atoms with van der Waals surface area (Å²) in [6.07, 6.45) is 0.659. The quantitative estimate of drug-likeness (QED) is 0.662. The zero-order chi connectivity index (χ0) is 9.68. The van der Waals surface area contributed by atoms with E-state index < -0.39 is 0 Å². The van der Waals surface area contributed by atoms with Gasteiger partial charge in [0.15, 0.2) is 12.3 Å². The number of halogens is 2. The highest BCUT2D eigenvalue weighted by molar-refractivity contribution is 9.10. The Hall–Kier alpha value is 0.210. The molecular weight excluding hydrogens is 281 g/mol. The molecule has 0 atom stereocenters. The zero-order valence-corrected chi connectivity index (χ0v) is 9.70. The molecule has 0 aliphatic rings. The lowest BCUT2D eigenvalue weighted by Gasteiger charge is -1.97. The van der Waals surface area contributed by atoms with Crippen molar-refractivity contribution in [1.82, 2.24) is 14.2 Å². The number of aliphatic hydroxyl groups excluding tert-OH is 1. The molecule has 1 rings (SSSR count). The number of hydrogen-bond donors (Lipinski definition) is 1. The van der Waals surface area contributed by atoms with Crippen LogP contribution < -0.4 is 0 Å². The van der Waals surface area contributed by atoms with E-state index in [-0.39, 0.29) is 18.9 Å². The first-order chi connectivity index (χ1) is 6.27. The predicted octanol–water partition coefficient (Wildman–Crippen LogP) is 1.90. The van der Waals surface area contributed by atoms with Gasteiger partial charge in [-0.1, -0.05) is 11.8 Å². The smallest absolute Gasteiger partial charge is 0.219 e. The van der Waals surface area contributed by atoms with E-state index in [1.165, 1.54) is 11.8 Å². The fourth-order valence-corrected chi connectivity index (χ4v) is 2.38. The maximum absolute atomic E-state index is 12.2. The Balaban J connectivity index is 2.53. The maximum atomic E-state index is 12.2. The van der Waals surface area contributed by atoms with Crippen molar-refractivity contribution in [3.63, 3.8) is 0 Å². The SMILES string of the molecule is OCCCSc1nc(Br)nn1SF. The van der Waals surface area contributed by atoms with Crippen molar-refractivity contribution >= 4 is 40.0 Å². The summed E-state index contributed by atoms with van der Waals surface area (Å²) < 4.78 is 13.7. The first-order valence-electron chi connectivity index (χ1n) is 3.43. The number of hydrogen-bond acceptors (Lipinski definition) is 5. The minimum absolute atomic E-state index is 0.00401. The first kappa shape index (κ1) is 11.3. The summed E-state index contributed by atoms with van der Waals surface area (Å²) in [4.78, 5) is 3.94. The molecule has 1 aromatic heterocycles. The fraction of sp³-hybridized carbons (Fsp3) is 0.600. The summed E-state index contributed by atoms with van der Waals surface area (Å²) in [5.74, 6) is 0.697. The fourth-order valence-electron chi connectivity index (χ4n) is 0.622. The first-order valence-corrected chi connectivity index (χ1v) is 5.88. The van der Waals surface area contributed by atoms with Crippen LogP contribution in [0, 0.1) is 0 Å². The van der Waals surface area contributed by atoms with Crippen LogP contribution in [0.3, 0.4) is 0 Å². The van der Waals surface area contributed by atoms with Crippen molar-refractivity contribution < 1.29 is 8.99 Å². The largest absolute Gasteiger partial charge is 0.396 e. The second kappa shape index (κ2) is 5.84. The number of aromatic nitrogens is 3. The Morgan fingerprint density at radius 2 is 2.38 bits per heavy atom. The second-order valence-electron chi connectivity index (χ2n) is 2.03. The summed E-state index contributed by atoms with van der Waals surface area (Å²) in [7, 11) is 0. The van der Waals surface area contributed by atoms with E-state index in [0.29, 0.717) is 22.1 Å². The van der Waals surface area contributed by atoms with E-state index >= 15 is 0 Å². The molecule has 13 heavy (non-hydrogen) atoms. The third-order valence-electron chi connectivity index (χ3n) is 1.12. The van der Waals surface area contributed by atoms with Gasteiger partial charge in [0.25, 0.3) is 0 Å². The van der Waals surface area contributed by atoms with Crippen LogP contribution in [-0.4, -0.2) is 31.6 Å². The van der Waals surface area contributed by atoms with Gasteiger partial charge >= 0.3 is 0 Å². The molecule has 1 N–H and O–H groups in total. The third kappa shape index (κ3) is 3.45. The van der Waals surface area contributed by atoms with E-state index in [2.05, 4.69) is 26.0 Å². The van der Waals surface area contributed by atoms with Crippen molar-refractivity contribution in [1.29, 1.82) is 0 Å². The Morgan fingerprint density at radius 1 is 1.62 bits per heavy atom. The Morgan fingerprint density at radius 3 is 3.00 bits per heavy atom. The molecule has 0 amide bonds. The van der Waals surface area contributed by atoms with Gasteiger partial charge in [-0.15, -0.1) is 13.1 Å². The van der Waals surface area contributed by atoms with Crippen LogP contribution in [0.15, 0.2) is 9.89 Å². The van der Waals surface area contributed by atoms with Crippen LogP contribution in [-0.2, 0) is 0 Å². The molecule has 74 valence electrons. The van der Waals surface area contributed by atoms with Gasteiger partial charge in [0.2, 0.25) is 9.89 Å². The van der Waals surface area contributed by atoms with E-state index in [4.69, 9.17) is 5.11 Å². The highest BCUT2D eigenvalue weighted by atomic mass is 79.9. The lowest BCUT2D eigenvalue weighted by molar-refractivity contribution is 0.296. The van der Waals surface area contributed by atoms with Crippen LogP contribution in [0.2, 0.25) is 0 Å². The summed E-state index contributed by atoms with van der Waals surface area (Å²) in [6.45, 7) is 0.130. The van der Waals surface area contributed by atoms with E-state index in [1.54, 1.807) is 0 Å². The summed E-state index contributed by atoms with van der Waals surface area (Å²) in [6, 6.07) is 0. The van der Waals surface area contributed by atoms with Gasteiger partial charge in [0.05, 0.1) is 0 Å². The molecule has 4 nitrogen and oxygen atoms in total. The zero-order valence-electron chi connectivity index (χ0n) is 6.48. The standard InChI is InChI=1S/C5H7BrFN3OS2/c6-4-8-5(10(9-4)13-7)12-3-1-2-11/h11H,1-3H2. The summed E-state index contributed by atoms with van der Waals surface area (Å²) in [5, 5.41) is 12.8. The number of thioether (sulfide) groups is 1. The highest BCUT2D eigenvalue weighted by Crippen LogP contribution is 2.22. The molecule has 1 aromatic rings. The van der Waals surface area contributed by atoms with E-state index in [1.807, 2.05) is 0 Å². The van der Waals surface area contributed by atoms with Crippen LogP contribution in [0.25, 0.3) is 0 Å². The van der Waals surface area contributed by atoms with Crippen molar-refractivity contribution in [3.05, 3.63) is 4.73 Å². The average molecular weight is 288 g/mol. The Labute approximate surface area is 91.9 Å². The van der Waals surface area contributed by atoms with Gasteiger partial charge < -0.3 is 5.11 Å². The molecule has 0 saturated carbocycles. The number of nitrogens with zero attached hydrogens (tertiary/aromatic N) is 3. The molecule has 0 spiro atoms. The molecule has 0 radical (unpaired) electrons. The molecule has 0 fully saturated rings. The van der Waals surface area contributed by atoms with Gasteiger partial charge in [0, 0.05) is 12.4 Å². The summed E-state index contributed by atoms with van der Waals surface area (Å²) in [5.41, 5.74) is 0. The number of rotatable bonds is 5. The monoisotopic (exact) mass is 287 g/mol. The van der Waals surface area contributed by atoms with Crippen LogP contribution >= 0.6 is 40.0 Å². The van der Waals surface area contributed by atoms with Crippen molar-refractivity contribution in [2.45, 2.75) is 11.6 Å². The highest BCUT2D eigenvalue weighted by Gasteiger charge is 2.08. The second-order valence-corrected chi connectivity index (χ2v) is 4.29. The third-order valence-corrected chi connectivity index (χ3v) is 2.98. The molecule has 1 heterocycles. The molecular formula is C5H7BrFN3OS2. The molecule has 0 aromatic carbocycles. The van der Waals surface area contributed by atoms with Crippen molar-refractivity contribution in [2.24, 2.45) is 0 Å². The minimum Gasteiger partial charge on any atom is -0.396 e. The molecule has 0 aliphatic heterocycles. The van der Waals surface area contributed by atoms with Crippen LogP contribution in [0.1, 0.15) is 6.42 Å². The Bertz CT molecular complexity index is 272. The maximum Gasteiger partial charge on any atom is 0.219 e. The van der Waals surface area contributed by atoms with Crippen LogP contribution in [0.4, 0.5) is 3.89 Å². The van der Waals surface area contributed by atoms with Gasteiger partial charge in [-0.25, -0.2) is 0 Å². The molecule has 0 saturated heterocycles. The summed E-state index contributed by atoms with van der Waals surface area (Å²) >= 11 is 4.41. The van der Waals surface area contributed by atoms with Gasteiger partial charge in [0.1, 0.15) is 0 Å². The molecule has 0 bridgehead atoms. The molecule has 8 heteroatoms. The van der Waals surface area contributed by atoms with Gasteiger partial charge in [-0.3, -0.25) is 0 Å². The van der Waals surface area contributed by atoms with Gasteiger partial charge in [-0.2, -0.15) is 4.98 Å². The van der Waals surface area contributed by atoms with Crippen molar-refractivity contribution in [3.8, 4) is 0 Å². The Kier molecular flexibility index (Phi) is 5.07. The number of aliphatic hydroxyl groups is 1. The minimum atomic E-state index is 0.00401. The topological polar surface area (TPSA) is 50.9 Å².